The number of methoxy groups -OCH3 is 1. The van der Waals surface area contributed by atoms with E-state index in [2.05, 4.69) is 6.92 Å². The third-order valence-corrected chi connectivity index (χ3v) is 3.56. The van der Waals surface area contributed by atoms with E-state index < -0.39 is 0 Å². The van der Waals surface area contributed by atoms with Gasteiger partial charge in [0.05, 0.1) is 7.11 Å². The molecular formula is C16H18O2. The average Bonchev–Trinajstić information content (AvgIpc) is 2.41. The highest BCUT2D eigenvalue weighted by Gasteiger charge is 2.18. The van der Waals surface area contributed by atoms with Crippen molar-refractivity contribution in [3.63, 3.8) is 0 Å². The number of phenolic OH excluding ortho intramolecular Hbond substituents is 1. The molecule has 1 N–H and O–H groups in total. The fraction of sp³-hybridized carbons (Fsp3) is 0.250. The third-order valence-electron chi connectivity index (χ3n) is 3.56. The molecule has 2 heteroatoms. The summed E-state index contributed by atoms with van der Waals surface area (Å²) in [4.78, 5) is 0. The largest absolute Gasteiger partial charge is 0.504 e. The zero-order valence-corrected chi connectivity index (χ0v) is 11.2. The highest BCUT2D eigenvalue weighted by Crippen LogP contribution is 2.43. The van der Waals surface area contributed by atoms with Crippen molar-refractivity contribution in [2.45, 2.75) is 20.8 Å². The van der Waals surface area contributed by atoms with E-state index in [4.69, 9.17) is 4.74 Å². The number of ether oxygens (including phenoxy) is 1. The summed E-state index contributed by atoms with van der Waals surface area (Å²) in [6, 6.07) is 10.0. The van der Waals surface area contributed by atoms with Gasteiger partial charge in [-0.3, -0.25) is 0 Å². The Morgan fingerprint density at radius 3 is 2.06 bits per heavy atom. The molecule has 0 saturated heterocycles. The predicted octanol–water partition coefficient (Wildman–Crippen LogP) is 3.99. The molecule has 0 aliphatic carbocycles. The van der Waals surface area contributed by atoms with E-state index in [-0.39, 0.29) is 5.75 Å². The molecule has 94 valence electrons. The fourth-order valence-corrected chi connectivity index (χ4v) is 2.26. The van der Waals surface area contributed by atoms with Crippen LogP contribution in [0, 0.1) is 20.8 Å². The van der Waals surface area contributed by atoms with Gasteiger partial charge in [0.1, 0.15) is 0 Å². The normalized spacial score (nSPS) is 10.4. The molecule has 0 spiro atoms. The van der Waals surface area contributed by atoms with Crippen LogP contribution >= 0.6 is 0 Å². The maximum atomic E-state index is 10.2. The minimum Gasteiger partial charge on any atom is -0.504 e. The second-order valence-corrected chi connectivity index (χ2v) is 4.50. The van der Waals surface area contributed by atoms with Gasteiger partial charge < -0.3 is 9.84 Å². The monoisotopic (exact) mass is 242 g/mol. The zero-order valence-electron chi connectivity index (χ0n) is 11.2. The minimum atomic E-state index is 0.236. The van der Waals surface area contributed by atoms with E-state index in [1.165, 1.54) is 0 Å². The fourth-order valence-electron chi connectivity index (χ4n) is 2.26. The maximum absolute atomic E-state index is 10.2. The van der Waals surface area contributed by atoms with E-state index >= 15 is 0 Å². The minimum absolute atomic E-state index is 0.236. The first-order valence-electron chi connectivity index (χ1n) is 6.00. The number of hydrogen-bond acceptors (Lipinski definition) is 2. The molecule has 0 radical (unpaired) electrons. The molecule has 0 unspecified atom stereocenters. The summed E-state index contributed by atoms with van der Waals surface area (Å²) in [6.07, 6.45) is 0. The van der Waals surface area contributed by atoms with Gasteiger partial charge in [0, 0.05) is 5.56 Å². The molecule has 0 fully saturated rings. The Balaban J connectivity index is 2.82. The lowest BCUT2D eigenvalue weighted by molar-refractivity contribution is 0.372. The molecule has 0 aliphatic heterocycles. The van der Waals surface area contributed by atoms with E-state index in [1.807, 2.05) is 44.2 Å². The standard InChI is InChI=1S/C16H18O2/c1-10-11(2)14(13-8-6-5-7-9-13)16(18-4)15(17)12(10)3/h5-9,17H,1-4H3. The topological polar surface area (TPSA) is 29.5 Å². The lowest BCUT2D eigenvalue weighted by atomic mass is 9.92. The lowest BCUT2D eigenvalue weighted by Crippen LogP contribution is -1.97. The van der Waals surface area contributed by atoms with Crippen molar-refractivity contribution >= 4 is 0 Å². The average molecular weight is 242 g/mol. The van der Waals surface area contributed by atoms with Crippen LogP contribution in [-0.4, -0.2) is 12.2 Å². The summed E-state index contributed by atoms with van der Waals surface area (Å²) in [5.41, 5.74) is 5.16. The molecule has 18 heavy (non-hydrogen) atoms. The van der Waals surface area contributed by atoms with Gasteiger partial charge in [0.25, 0.3) is 0 Å². The molecule has 0 heterocycles. The highest BCUT2D eigenvalue weighted by molar-refractivity contribution is 5.79. The van der Waals surface area contributed by atoms with E-state index in [1.54, 1.807) is 7.11 Å². The quantitative estimate of drug-likeness (QED) is 0.862. The SMILES string of the molecule is COc1c(O)c(C)c(C)c(C)c1-c1ccccc1. The Morgan fingerprint density at radius 1 is 0.889 bits per heavy atom. The first kappa shape index (κ1) is 12.5. The van der Waals surface area contributed by atoms with Gasteiger partial charge in [-0.2, -0.15) is 0 Å². The summed E-state index contributed by atoms with van der Waals surface area (Å²) in [6.45, 7) is 6.00. The van der Waals surface area contributed by atoms with Gasteiger partial charge >= 0.3 is 0 Å². The molecule has 0 aromatic heterocycles. The van der Waals surface area contributed by atoms with Gasteiger partial charge in [-0.1, -0.05) is 30.3 Å². The van der Waals surface area contributed by atoms with Crippen molar-refractivity contribution in [1.82, 2.24) is 0 Å². The molecule has 0 atom stereocenters. The Morgan fingerprint density at radius 2 is 1.50 bits per heavy atom. The molecule has 2 rings (SSSR count). The van der Waals surface area contributed by atoms with Crippen molar-refractivity contribution in [3.05, 3.63) is 47.0 Å². The van der Waals surface area contributed by atoms with Crippen LogP contribution in [0.4, 0.5) is 0 Å². The van der Waals surface area contributed by atoms with Crippen molar-refractivity contribution in [3.8, 4) is 22.6 Å². The van der Waals surface area contributed by atoms with Crippen LogP contribution in [0.1, 0.15) is 16.7 Å². The third kappa shape index (κ3) is 1.84. The predicted molar refractivity (Wildman–Crippen MR) is 74.3 cm³/mol. The van der Waals surface area contributed by atoms with Crippen LogP contribution in [0.5, 0.6) is 11.5 Å². The highest BCUT2D eigenvalue weighted by atomic mass is 16.5. The summed E-state index contributed by atoms with van der Waals surface area (Å²) >= 11 is 0. The number of benzene rings is 2. The Hall–Kier alpha value is -1.96. The Kier molecular flexibility index (Phi) is 3.28. The van der Waals surface area contributed by atoms with Crippen LogP contribution in [0.25, 0.3) is 11.1 Å². The maximum Gasteiger partial charge on any atom is 0.168 e. The van der Waals surface area contributed by atoms with Crippen LogP contribution in [-0.2, 0) is 0 Å². The van der Waals surface area contributed by atoms with Crippen molar-refractivity contribution in [1.29, 1.82) is 0 Å². The second-order valence-electron chi connectivity index (χ2n) is 4.50. The Bertz CT molecular complexity index is 572. The summed E-state index contributed by atoms with van der Waals surface area (Å²) in [7, 11) is 1.59. The van der Waals surface area contributed by atoms with Crippen LogP contribution < -0.4 is 4.74 Å². The Labute approximate surface area is 108 Å². The molecule has 2 aromatic rings. The van der Waals surface area contributed by atoms with Gasteiger partial charge in [-0.05, 0) is 43.0 Å². The molecular weight excluding hydrogens is 224 g/mol. The van der Waals surface area contributed by atoms with E-state index in [0.717, 1.165) is 27.8 Å². The van der Waals surface area contributed by atoms with Gasteiger partial charge in [0.2, 0.25) is 0 Å². The molecule has 0 bridgehead atoms. The molecule has 0 saturated carbocycles. The first-order chi connectivity index (χ1) is 8.57. The lowest BCUT2D eigenvalue weighted by Gasteiger charge is -2.18. The summed E-state index contributed by atoms with van der Waals surface area (Å²) < 4.78 is 5.40. The number of hydrogen-bond donors (Lipinski definition) is 1. The second kappa shape index (κ2) is 4.73. The van der Waals surface area contributed by atoms with Crippen molar-refractivity contribution in [2.24, 2.45) is 0 Å². The molecule has 2 nitrogen and oxygen atoms in total. The van der Waals surface area contributed by atoms with Crippen LogP contribution in [0.2, 0.25) is 0 Å². The van der Waals surface area contributed by atoms with Crippen LogP contribution in [0.3, 0.4) is 0 Å². The van der Waals surface area contributed by atoms with Crippen molar-refractivity contribution in [2.75, 3.05) is 7.11 Å². The van der Waals surface area contributed by atoms with Gasteiger partial charge in [-0.25, -0.2) is 0 Å². The van der Waals surface area contributed by atoms with E-state index in [9.17, 15) is 5.11 Å². The van der Waals surface area contributed by atoms with Crippen molar-refractivity contribution < 1.29 is 9.84 Å². The van der Waals surface area contributed by atoms with Gasteiger partial charge in [-0.15, -0.1) is 0 Å². The molecule has 2 aromatic carbocycles. The number of rotatable bonds is 2. The number of phenols is 1. The summed E-state index contributed by atoms with van der Waals surface area (Å²) in [5.74, 6) is 0.793. The molecule has 0 amide bonds. The van der Waals surface area contributed by atoms with Gasteiger partial charge in [0.15, 0.2) is 11.5 Å². The smallest absolute Gasteiger partial charge is 0.168 e. The number of aromatic hydroxyl groups is 1. The van der Waals surface area contributed by atoms with Crippen LogP contribution in [0.15, 0.2) is 30.3 Å². The zero-order chi connectivity index (χ0) is 13.3. The summed E-state index contributed by atoms with van der Waals surface area (Å²) in [5, 5.41) is 10.2. The molecule has 0 aliphatic rings. The first-order valence-corrected chi connectivity index (χ1v) is 6.00. The van der Waals surface area contributed by atoms with E-state index in [0.29, 0.717) is 5.75 Å².